The van der Waals surface area contributed by atoms with Crippen molar-refractivity contribution in [3.05, 3.63) is 48.1 Å². The summed E-state index contributed by atoms with van der Waals surface area (Å²) in [5, 5.41) is 7.25. The van der Waals surface area contributed by atoms with E-state index in [1.54, 1.807) is 0 Å². The van der Waals surface area contributed by atoms with Crippen molar-refractivity contribution in [2.24, 2.45) is 0 Å². The molecule has 0 aliphatic rings. The molecule has 1 atom stereocenters. The van der Waals surface area contributed by atoms with Gasteiger partial charge in [-0.2, -0.15) is 4.98 Å². The van der Waals surface area contributed by atoms with Gasteiger partial charge in [0.25, 0.3) is 0 Å². The van der Waals surface area contributed by atoms with Crippen LogP contribution in [0.3, 0.4) is 0 Å². The fraction of sp³-hybridized carbons (Fsp3) is 0.429. The monoisotopic (exact) mass is 245 g/mol. The summed E-state index contributed by atoms with van der Waals surface area (Å²) in [5.74, 6) is 0.762. The maximum absolute atomic E-state index is 4.69. The van der Waals surface area contributed by atoms with Crippen LogP contribution in [0, 0.1) is 0 Å². The van der Waals surface area contributed by atoms with Gasteiger partial charge >= 0.3 is 0 Å². The molecular weight excluding hydrogens is 226 g/mol. The minimum absolute atomic E-state index is 0.497. The molecule has 0 spiro atoms. The molecule has 1 heterocycles. The molecule has 96 valence electrons. The molecule has 0 amide bonds. The van der Waals surface area contributed by atoms with Crippen LogP contribution in [0.5, 0.6) is 0 Å². The first-order chi connectivity index (χ1) is 8.84. The maximum Gasteiger partial charge on any atom is 0.213 e. The molecule has 0 aliphatic carbocycles. The van der Waals surface area contributed by atoms with Crippen molar-refractivity contribution in [3.8, 4) is 0 Å². The molecule has 0 saturated heterocycles. The van der Waals surface area contributed by atoms with Gasteiger partial charge in [-0.3, -0.25) is 0 Å². The largest absolute Gasteiger partial charge is 0.343 e. The summed E-state index contributed by atoms with van der Waals surface area (Å²) in [6, 6.07) is 11.1. The lowest BCUT2D eigenvalue weighted by molar-refractivity contribution is 0.408. The van der Waals surface area contributed by atoms with Crippen LogP contribution in [0.2, 0.25) is 0 Å². The smallest absolute Gasteiger partial charge is 0.213 e. The predicted octanol–water partition coefficient (Wildman–Crippen LogP) is 2.22. The van der Waals surface area contributed by atoms with Crippen LogP contribution in [-0.4, -0.2) is 22.7 Å². The zero-order valence-corrected chi connectivity index (χ0v) is 10.7. The Morgan fingerprint density at radius 1 is 1.22 bits per heavy atom. The number of rotatable bonds is 7. The highest BCUT2D eigenvalue weighted by atomic mass is 16.5. The molecule has 1 aromatic heterocycles. The maximum atomic E-state index is 4.69. The van der Waals surface area contributed by atoms with Crippen molar-refractivity contribution < 1.29 is 4.52 Å². The van der Waals surface area contributed by atoms with Gasteiger partial charge in [-0.05, 0) is 25.3 Å². The summed E-state index contributed by atoms with van der Waals surface area (Å²) in [4.78, 5) is 3.99. The molecule has 2 rings (SSSR count). The molecule has 1 unspecified atom stereocenters. The Bertz CT molecular complexity index is 428. The Morgan fingerprint density at radius 2 is 2.06 bits per heavy atom. The van der Waals surface area contributed by atoms with E-state index in [1.165, 1.54) is 12.0 Å². The standard InChI is InChI=1S/C14H19N3O/c1-12(7-8-13-5-3-2-4-6-13)15-10-9-14-16-11-18-17-14/h2-6,11-12,15H,7-10H2,1H3. The van der Waals surface area contributed by atoms with Gasteiger partial charge in [-0.15, -0.1) is 0 Å². The zero-order chi connectivity index (χ0) is 12.6. The Kier molecular flexibility index (Phi) is 4.90. The highest BCUT2D eigenvalue weighted by molar-refractivity contribution is 5.14. The molecule has 18 heavy (non-hydrogen) atoms. The highest BCUT2D eigenvalue weighted by Gasteiger charge is 2.03. The SMILES string of the molecule is CC(CCc1ccccc1)NCCc1ncon1. The molecule has 0 bridgehead atoms. The fourth-order valence-corrected chi connectivity index (χ4v) is 1.86. The Balaban J connectivity index is 1.62. The van der Waals surface area contributed by atoms with Crippen molar-refractivity contribution in [1.29, 1.82) is 0 Å². The summed E-state index contributed by atoms with van der Waals surface area (Å²) in [6.45, 7) is 3.09. The third-order valence-corrected chi connectivity index (χ3v) is 2.96. The predicted molar refractivity (Wildman–Crippen MR) is 70.2 cm³/mol. The van der Waals surface area contributed by atoms with Gasteiger partial charge in [0.05, 0.1) is 0 Å². The Hall–Kier alpha value is -1.68. The van der Waals surface area contributed by atoms with Crippen LogP contribution in [0.1, 0.15) is 24.7 Å². The molecule has 0 fully saturated rings. The lowest BCUT2D eigenvalue weighted by atomic mass is 10.1. The number of hydrogen-bond donors (Lipinski definition) is 1. The molecule has 4 nitrogen and oxygen atoms in total. The van der Waals surface area contributed by atoms with E-state index in [9.17, 15) is 0 Å². The van der Waals surface area contributed by atoms with Crippen LogP contribution < -0.4 is 5.32 Å². The molecular formula is C14H19N3O. The normalized spacial score (nSPS) is 12.5. The first-order valence-corrected chi connectivity index (χ1v) is 6.37. The van der Waals surface area contributed by atoms with Gasteiger partial charge in [0, 0.05) is 19.0 Å². The summed E-state index contributed by atoms with van der Waals surface area (Å²) < 4.78 is 4.69. The number of benzene rings is 1. The number of hydrogen-bond acceptors (Lipinski definition) is 4. The number of aromatic nitrogens is 2. The average molecular weight is 245 g/mol. The lowest BCUT2D eigenvalue weighted by Gasteiger charge is -2.12. The van der Waals surface area contributed by atoms with E-state index in [0.717, 1.165) is 31.6 Å². The van der Waals surface area contributed by atoms with Gasteiger partial charge in [-0.25, -0.2) is 0 Å². The number of nitrogens with one attached hydrogen (secondary N) is 1. The third kappa shape index (κ3) is 4.30. The Labute approximate surface area is 107 Å². The topological polar surface area (TPSA) is 51.0 Å². The van der Waals surface area contributed by atoms with Crippen LogP contribution >= 0.6 is 0 Å². The molecule has 0 radical (unpaired) electrons. The first-order valence-electron chi connectivity index (χ1n) is 6.37. The quantitative estimate of drug-likeness (QED) is 0.812. The molecule has 1 aromatic carbocycles. The van der Waals surface area contributed by atoms with Crippen molar-refractivity contribution in [2.75, 3.05) is 6.54 Å². The summed E-state index contributed by atoms with van der Waals surface area (Å²) in [7, 11) is 0. The van der Waals surface area contributed by atoms with E-state index >= 15 is 0 Å². The second-order valence-corrected chi connectivity index (χ2v) is 4.48. The highest BCUT2D eigenvalue weighted by Crippen LogP contribution is 2.04. The molecule has 4 heteroatoms. The minimum Gasteiger partial charge on any atom is -0.343 e. The van der Waals surface area contributed by atoms with Crippen molar-refractivity contribution >= 4 is 0 Å². The van der Waals surface area contributed by atoms with Crippen LogP contribution in [-0.2, 0) is 12.8 Å². The van der Waals surface area contributed by atoms with Crippen LogP contribution in [0.25, 0.3) is 0 Å². The van der Waals surface area contributed by atoms with E-state index in [1.807, 2.05) is 0 Å². The molecule has 0 aliphatic heterocycles. The van der Waals surface area contributed by atoms with E-state index < -0.39 is 0 Å². The van der Waals surface area contributed by atoms with Gasteiger partial charge in [0.2, 0.25) is 6.39 Å². The molecule has 1 N–H and O–H groups in total. The van der Waals surface area contributed by atoms with Gasteiger partial charge in [-0.1, -0.05) is 35.5 Å². The fourth-order valence-electron chi connectivity index (χ4n) is 1.86. The summed E-state index contributed by atoms with van der Waals surface area (Å²) in [6.07, 6.45) is 4.42. The summed E-state index contributed by atoms with van der Waals surface area (Å²) >= 11 is 0. The summed E-state index contributed by atoms with van der Waals surface area (Å²) in [5.41, 5.74) is 1.39. The van der Waals surface area contributed by atoms with E-state index in [2.05, 4.69) is 57.2 Å². The second-order valence-electron chi connectivity index (χ2n) is 4.48. The zero-order valence-electron chi connectivity index (χ0n) is 10.7. The Morgan fingerprint density at radius 3 is 2.78 bits per heavy atom. The van der Waals surface area contributed by atoms with E-state index in [0.29, 0.717) is 6.04 Å². The lowest BCUT2D eigenvalue weighted by Crippen LogP contribution is -2.28. The van der Waals surface area contributed by atoms with Gasteiger partial charge in [0.1, 0.15) is 0 Å². The van der Waals surface area contributed by atoms with Crippen molar-refractivity contribution in [1.82, 2.24) is 15.5 Å². The van der Waals surface area contributed by atoms with Crippen LogP contribution in [0.4, 0.5) is 0 Å². The average Bonchev–Trinajstić information content (AvgIpc) is 2.91. The van der Waals surface area contributed by atoms with Crippen molar-refractivity contribution in [2.45, 2.75) is 32.2 Å². The van der Waals surface area contributed by atoms with Gasteiger partial charge < -0.3 is 9.84 Å². The molecule has 2 aromatic rings. The molecule has 0 saturated carbocycles. The van der Waals surface area contributed by atoms with Crippen molar-refractivity contribution in [3.63, 3.8) is 0 Å². The second kappa shape index (κ2) is 6.91. The van der Waals surface area contributed by atoms with E-state index in [4.69, 9.17) is 0 Å². The van der Waals surface area contributed by atoms with E-state index in [-0.39, 0.29) is 0 Å². The van der Waals surface area contributed by atoms with Crippen LogP contribution in [0.15, 0.2) is 41.2 Å². The number of aryl methyl sites for hydroxylation is 1. The third-order valence-electron chi connectivity index (χ3n) is 2.96. The first kappa shape index (κ1) is 12.8. The number of nitrogens with zero attached hydrogens (tertiary/aromatic N) is 2. The van der Waals surface area contributed by atoms with Gasteiger partial charge in [0.15, 0.2) is 5.82 Å². The minimum atomic E-state index is 0.497.